The number of likely N-dealkylation sites (tertiary alicyclic amines) is 1. The van der Waals surface area contributed by atoms with Crippen molar-refractivity contribution in [3.63, 3.8) is 0 Å². The Bertz CT molecular complexity index is 529. The highest BCUT2D eigenvalue weighted by Crippen LogP contribution is 2.35. The summed E-state index contributed by atoms with van der Waals surface area (Å²) in [5.41, 5.74) is 5.11. The number of amides is 2. The number of hydrogen-bond donors (Lipinski definition) is 1. The summed E-state index contributed by atoms with van der Waals surface area (Å²) < 4.78 is 5.87. The fraction of sp³-hybridized carbons (Fsp3) is 0.625. The van der Waals surface area contributed by atoms with Crippen molar-refractivity contribution in [2.24, 2.45) is 11.7 Å². The van der Waals surface area contributed by atoms with Crippen LogP contribution in [0.15, 0.2) is 16.5 Å². The van der Waals surface area contributed by atoms with Gasteiger partial charge in [-0.3, -0.25) is 9.59 Å². The second kappa shape index (κ2) is 7.72. The quantitative estimate of drug-likeness (QED) is 0.871. The maximum atomic E-state index is 12.5. The molecule has 0 spiro atoms. The summed E-state index contributed by atoms with van der Waals surface area (Å²) in [4.78, 5) is 25.1. The van der Waals surface area contributed by atoms with Gasteiger partial charge in [-0.15, -0.1) is 11.8 Å². The highest BCUT2D eigenvalue weighted by Gasteiger charge is 2.32. The molecule has 1 fully saturated rings. The van der Waals surface area contributed by atoms with E-state index in [-0.39, 0.29) is 29.4 Å². The minimum absolute atomic E-state index is 0.00530. The van der Waals surface area contributed by atoms with Gasteiger partial charge in [-0.2, -0.15) is 0 Å². The predicted molar refractivity (Wildman–Crippen MR) is 87.5 cm³/mol. The van der Waals surface area contributed by atoms with Crippen LogP contribution in [0.25, 0.3) is 0 Å². The van der Waals surface area contributed by atoms with Gasteiger partial charge in [0, 0.05) is 13.0 Å². The molecular formula is C16H24N2O3S. The zero-order chi connectivity index (χ0) is 16.1. The molecule has 2 rings (SSSR count). The lowest BCUT2D eigenvalue weighted by Crippen LogP contribution is -2.41. The largest absolute Gasteiger partial charge is 0.464 e. The second-order valence-corrected chi connectivity index (χ2v) is 6.83. The number of nitrogens with two attached hydrogens (primary N) is 1. The number of nitrogens with zero attached hydrogens (tertiary/aromatic N) is 1. The summed E-state index contributed by atoms with van der Waals surface area (Å²) in [6, 6.07) is 3.98. The van der Waals surface area contributed by atoms with Gasteiger partial charge in [0.1, 0.15) is 11.5 Å². The van der Waals surface area contributed by atoms with Gasteiger partial charge < -0.3 is 15.1 Å². The van der Waals surface area contributed by atoms with E-state index in [9.17, 15) is 9.59 Å². The van der Waals surface area contributed by atoms with Crippen LogP contribution in [0.1, 0.15) is 44.3 Å². The Balaban J connectivity index is 2.05. The lowest BCUT2D eigenvalue weighted by molar-refractivity contribution is -0.133. The number of thioether (sulfide) groups is 1. The van der Waals surface area contributed by atoms with E-state index in [2.05, 4.69) is 13.8 Å². The van der Waals surface area contributed by atoms with Gasteiger partial charge in [0.15, 0.2) is 0 Å². The smallest absolute Gasteiger partial charge is 0.233 e. The third-order valence-electron chi connectivity index (χ3n) is 4.01. The van der Waals surface area contributed by atoms with E-state index in [0.29, 0.717) is 5.92 Å². The number of furan rings is 1. The maximum absolute atomic E-state index is 12.5. The Morgan fingerprint density at radius 1 is 1.41 bits per heavy atom. The van der Waals surface area contributed by atoms with Crippen molar-refractivity contribution >= 4 is 23.6 Å². The lowest BCUT2D eigenvalue weighted by Gasteiger charge is -2.37. The van der Waals surface area contributed by atoms with E-state index in [1.807, 2.05) is 17.0 Å². The topological polar surface area (TPSA) is 76.5 Å². The van der Waals surface area contributed by atoms with E-state index in [1.165, 1.54) is 11.8 Å². The minimum atomic E-state index is -0.389. The third kappa shape index (κ3) is 4.29. The van der Waals surface area contributed by atoms with Crippen LogP contribution in [0.2, 0.25) is 0 Å². The normalized spacial score (nSPS) is 21.8. The maximum Gasteiger partial charge on any atom is 0.233 e. The Kier molecular flexibility index (Phi) is 5.94. The number of rotatable bonds is 6. The molecule has 0 saturated carbocycles. The van der Waals surface area contributed by atoms with E-state index in [1.54, 1.807) is 0 Å². The Morgan fingerprint density at radius 3 is 2.82 bits per heavy atom. The van der Waals surface area contributed by atoms with Crippen LogP contribution >= 0.6 is 11.8 Å². The monoisotopic (exact) mass is 324 g/mol. The molecule has 0 unspecified atom stereocenters. The van der Waals surface area contributed by atoms with Gasteiger partial charge in [0.2, 0.25) is 11.8 Å². The van der Waals surface area contributed by atoms with Gasteiger partial charge >= 0.3 is 0 Å². The number of piperidine rings is 1. The molecule has 1 aliphatic rings. The van der Waals surface area contributed by atoms with Crippen LogP contribution in [-0.4, -0.2) is 34.8 Å². The van der Waals surface area contributed by atoms with Gasteiger partial charge in [0.05, 0.1) is 17.5 Å². The second-order valence-electron chi connectivity index (χ2n) is 5.85. The lowest BCUT2D eigenvalue weighted by atomic mass is 9.91. The molecule has 0 bridgehead atoms. The van der Waals surface area contributed by atoms with Gasteiger partial charge in [-0.1, -0.05) is 13.8 Å². The Labute approximate surface area is 135 Å². The average Bonchev–Trinajstić information content (AvgIpc) is 2.95. The molecule has 2 amide bonds. The first kappa shape index (κ1) is 16.9. The zero-order valence-corrected chi connectivity index (χ0v) is 14.0. The fourth-order valence-corrected chi connectivity index (χ4v) is 3.44. The number of carbonyl (C=O) groups excluding carboxylic acids is 2. The molecule has 0 aromatic carbocycles. The van der Waals surface area contributed by atoms with Crippen LogP contribution in [-0.2, 0) is 16.0 Å². The van der Waals surface area contributed by atoms with Crippen LogP contribution in [0.3, 0.4) is 0 Å². The summed E-state index contributed by atoms with van der Waals surface area (Å²) in [5, 5.41) is 0. The number of carbonyl (C=O) groups is 2. The summed E-state index contributed by atoms with van der Waals surface area (Å²) in [6.45, 7) is 5.00. The molecule has 1 aromatic heterocycles. The first-order valence-corrected chi connectivity index (χ1v) is 8.90. The summed E-state index contributed by atoms with van der Waals surface area (Å²) in [6.07, 6.45) is 2.78. The SMILES string of the molecule is CCc1ccc([C@@H]2C[C@@H](C)CCN2C(=O)CSCC(N)=O)o1. The molecule has 1 aliphatic heterocycles. The van der Waals surface area contributed by atoms with Crippen molar-refractivity contribution in [3.05, 3.63) is 23.7 Å². The number of primary amides is 1. The first-order valence-electron chi connectivity index (χ1n) is 7.75. The minimum Gasteiger partial charge on any atom is -0.464 e. The molecule has 0 aliphatic carbocycles. The molecule has 2 heterocycles. The van der Waals surface area contributed by atoms with E-state index in [0.717, 1.165) is 37.3 Å². The molecule has 1 saturated heterocycles. The van der Waals surface area contributed by atoms with Gasteiger partial charge in [0.25, 0.3) is 0 Å². The third-order valence-corrected chi connectivity index (χ3v) is 4.95. The predicted octanol–water partition coefficient (Wildman–Crippen LogP) is 2.36. The van der Waals surface area contributed by atoms with Crippen molar-refractivity contribution in [2.45, 2.75) is 39.2 Å². The molecule has 0 radical (unpaired) electrons. The number of hydrogen-bond acceptors (Lipinski definition) is 4. The average molecular weight is 324 g/mol. The molecule has 122 valence electrons. The van der Waals surface area contributed by atoms with E-state index in [4.69, 9.17) is 10.2 Å². The number of aryl methyl sites for hydroxylation is 1. The van der Waals surface area contributed by atoms with Crippen molar-refractivity contribution in [1.82, 2.24) is 4.90 Å². The highest BCUT2D eigenvalue weighted by atomic mass is 32.2. The van der Waals surface area contributed by atoms with Gasteiger partial charge in [-0.25, -0.2) is 0 Å². The summed E-state index contributed by atoms with van der Waals surface area (Å²) in [7, 11) is 0. The molecular weight excluding hydrogens is 300 g/mol. The fourth-order valence-electron chi connectivity index (χ4n) is 2.80. The van der Waals surface area contributed by atoms with Crippen molar-refractivity contribution in [3.8, 4) is 0 Å². The molecule has 5 nitrogen and oxygen atoms in total. The highest BCUT2D eigenvalue weighted by molar-refractivity contribution is 8.00. The summed E-state index contributed by atoms with van der Waals surface area (Å²) in [5.74, 6) is 2.53. The molecule has 1 aromatic rings. The van der Waals surface area contributed by atoms with Crippen molar-refractivity contribution in [1.29, 1.82) is 0 Å². The molecule has 2 atom stereocenters. The Morgan fingerprint density at radius 2 is 2.18 bits per heavy atom. The van der Waals surface area contributed by atoms with Gasteiger partial charge in [-0.05, 0) is 30.9 Å². The van der Waals surface area contributed by atoms with Crippen LogP contribution < -0.4 is 5.73 Å². The van der Waals surface area contributed by atoms with Crippen molar-refractivity contribution < 1.29 is 14.0 Å². The Hall–Kier alpha value is -1.43. The van der Waals surface area contributed by atoms with E-state index >= 15 is 0 Å². The molecule has 22 heavy (non-hydrogen) atoms. The van der Waals surface area contributed by atoms with Crippen LogP contribution in [0.5, 0.6) is 0 Å². The van der Waals surface area contributed by atoms with Crippen molar-refractivity contribution in [2.75, 3.05) is 18.1 Å². The van der Waals surface area contributed by atoms with Crippen LogP contribution in [0.4, 0.5) is 0 Å². The standard InChI is InChI=1S/C16H24N2O3S/c1-3-12-4-5-14(21-12)13-8-11(2)6-7-18(13)16(20)10-22-9-15(17)19/h4-5,11,13H,3,6-10H2,1-2H3,(H2,17,19)/t11-,13-/m0/s1. The molecule has 6 heteroatoms. The molecule has 2 N–H and O–H groups in total. The first-order chi connectivity index (χ1) is 10.5. The zero-order valence-electron chi connectivity index (χ0n) is 13.2. The summed E-state index contributed by atoms with van der Waals surface area (Å²) >= 11 is 1.27. The van der Waals surface area contributed by atoms with Crippen LogP contribution in [0, 0.1) is 5.92 Å². The van der Waals surface area contributed by atoms with E-state index < -0.39 is 0 Å².